The number of nitrogens with zero attached hydrogens (tertiary/aromatic N) is 3. The van der Waals surface area contributed by atoms with Gasteiger partial charge in [0, 0.05) is 91.9 Å². The topological polar surface area (TPSA) is 796 Å². The van der Waals surface area contributed by atoms with Gasteiger partial charge in [0.15, 0.2) is 0 Å². The van der Waals surface area contributed by atoms with E-state index in [1.165, 1.54) is 34.6 Å². The van der Waals surface area contributed by atoms with Gasteiger partial charge in [-0.15, -0.1) is 47.0 Å². The third kappa shape index (κ3) is 46.4. The first-order valence-electron chi connectivity index (χ1n) is 32.8. The lowest BCUT2D eigenvalue weighted by atomic mass is 9.96. The van der Waals surface area contributed by atoms with Crippen LogP contribution in [0.1, 0.15) is 113 Å². The molecule has 0 heterocycles. The van der Waals surface area contributed by atoms with Crippen LogP contribution >= 0.6 is 59.7 Å². The van der Waals surface area contributed by atoms with Crippen LogP contribution in [0.5, 0.6) is 11.5 Å². The first-order chi connectivity index (χ1) is 51.6. The van der Waals surface area contributed by atoms with E-state index < -0.39 is 165 Å². The highest BCUT2D eigenvalue weighted by molar-refractivity contribution is 8.08. The number of thiol groups is 1. The zero-order valence-corrected chi connectivity index (χ0v) is 67.2. The van der Waals surface area contributed by atoms with E-state index >= 15 is 0 Å². The molecular formula is C62H101N21O22S6. The van der Waals surface area contributed by atoms with Crippen LogP contribution in [0.2, 0.25) is 0 Å². The monoisotopic (exact) mass is 1680 g/mol. The fourth-order valence-electron chi connectivity index (χ4n) is 7.51. The van der Waals surface area contributed by atoms with Crippen molar-refractivity contribution in [3.05, 3.63) is 68.5 Å². The lowest BCUT2D eigenvalue weighted by molar-refractivity contribution is -0.125. The molecule has 31 N–H and O–H groups in total. The maximum atomic E-state index is 12.1. The SMILES string of the molecule is C=C(N)C(CC(N)=O)NC1C(=NC(CC(N)=O)C(N)=O)C(SCC(NC(C)=O)C(N)=O)=C1SCC(NC(C)=O)C(N)=O.CC(=O)NC(CS)C(N)=O.CC(=O)NC(CSc1c(SCC(NC(C)=O)C(N)=O)c(=O)c1=O)C(N)=O.CCCCO.CCCCOc1c(OCCCC)c(=O)c1=O.NC(=O)CC(N)C(N)=O.[N-]=[N+]=S. The van der Waals surface area contributed by atoms with Gasteiger partial charge in [-0.1, -0.05) is 50.8 Å². The van der Waals surface area contributed by atoms with Gasteiger partial charge in [0.25, 0.3) is 10.9 Å². The summed E-state index contributed by atoms with van der Waals surface area (Å²) in [5.41, 5.74) is 67.2. The minimum Gasteiger partial charge on any atom is -0.486 e. The van der Waals surface area contributed by atoms with Gasteiger partial charge in [-0.25, -0.2) is 0 Å². The summed E-state index contributed by atoms with van der Waals surface area (Å²) >= 11 is 11.3. The average Bonchev–Trinajstić information content (AvgIpc) is 0.761. The van der Waals surface area contributed by atoms with Crippen molar-refractivity contribution in [3.63, 3.8) is 0 Å². The van der Waals surface area contributed by atoms with Gasteiger partial charge in [-0.2, -0.15) is 12.6 Å². The molecule has 0 radical (unpaired) electrons. The molecule has 1 aliphatic rings. The third-order valence-corrected chi connectivity index (χ3v) is 18.5. The normalized spacial score (nSPS) is 14.0. The second-order valence-electron chi connectivity index (χ2n) is 22.8. The predicted molar refractivity (Wildman–Crippen MR) is 423 cm³/mol. The summed E-state index contributed by atoms with van der Waals surface area (Å²) in [4.78, 5) is 219. The number of aliphatic hydroxyl groups is 1. The van der Waals surface area contributed by atoms with E-state index in [1.54, 1.807) is 0 Å². The number of carbonyl (C=O) groups is 15. The quantitative estimate of drug-likeness (QED) is 0.00731. The van der Waals surface area contributed by atoms with Crippen LogP contribution in [0.3, 0.4) is 0 Å². The van der Waals surface area contributed by atoms with Gasteiger partial charge < -0.3 is 115 Å². The summed E-state index contributed by atoms with van der Waals surface area (Å²) in [5.74, 6) is -9.61. The molecule has 111 heavy (non-hydrogen) atoms. The Morgan fingerprint density at radius 2 is 0.829 bits per heavy atom. The van der Waals surface area contributed by atoms with E-state index in [1.807, 2.05) is 13.8 Å². The molecule has 15 amide bonds. The van der Waals surface area contributed by atoms with E-state index in [0.717, 1.165) is 85.6 Å². The van der Waals surface area contributed by atoms with Gasteiger partial charge in [-0.3, -0.25) is 101 Å². The van der Waals surface area contributed by atoms with Crippen molar-refractivity contribution in [2.45, 2.75) is 177 Å². The Morgan fingerprint density at radius 1 is 0.505 bits per heavy atom. The van der Waals surface area contributed by atoms with Crippen molar-refractivity contribution in [1.82, 2.24) is 36.1 Å². The highest BCUT2D eigenvalue weighted by atomic mass is 32.2. The second-order valence-corrected chi connectivity index (χ2v) is 27.5. The third-order valence-electron chi connectivity index (χ3n) is 13.0. The number of thioether (sulfide) groups is 4. The van der Waals surface area contributed by atoms with Crippen molar-refractivity contribution in [2.75, 3.05) is 48.6 Å². The number of primary amides is 10. The first kappa shape index (κ1) is 107. The summed E-state index contributed by atoms with van der Waals surface area (Å²) < 4.78 is 12.5. The summed E-state index contributed by atoms with van der Waals surface area (Å²) in [6, 6.07) is -8.97. The molecule has 1 aliphatic carbocycles. The Bertz CT molecular complexity index is 3680. The van der Waals surface area contributed by atoms with Crippen molar-refractivity contribution in [3.8, 4) is 11.5 Å². The number of hydrogen-bond donors (Lipinski definition) is 20. The average molecular weight is 1690 g/mol. The van der Waals surface area contributed by atoms with Crippen LogP contribution in [0.15, 0.2) is 56.0 Å². The summed E-state index contributed by atoms with van der Waals surface area (Å²) in [6.07, 6.45) is 4.76. The van der Waals surface area contributed by atoms with E-state index in [0.29, 0.717) is 29.6 Å². The molecule has 2 aromatic carbocycles. The number of aliphatic hydroxyl groups excluding tert-OH is 1. The Kier molecular flexibility index (Phi) is 57.1. The zero-order chi connectivity index (χ0) is 86.7. The van der Waals surface area contributed by atoms with E-state index in [9.17, 15) is 91.1 Å². The minimum atomic E-state index is -1.39. The molecule has 622 valence electrons. The first-order valence-corrected chi connectivity index (χ1v) is 37.7. The number of unbranched alkanes of at least 4 members (excludes halogenated alkanes) is 3. The van der Waals surface area contributed by atoms with Crippen molar-refractivity contribution < 1.29 is 86.5 Å². The van der Waals surface area contributed by atoms with Crippen molar-refractivity contribution in [1.29, 1.82) is 0 Å². The molecule has 0 spiro atoms. The lowest BCUT2D eigenvalue weighted by Gasteiger charge is -2.39. The lowest BCUT2D eigenvalue weighted by Crippen LogP contribution is -2.54. The minimum absolute atomic E-state index is 0.0295. The number of nitrogens with two attached hydrogens (primary N) is 12. The maximum absolute atomic E-state index is 12.1. The van der Waals surface area contributed by atoms with Crippen LogP contribution in [0.4, 0.5) is 0 Å². The molecule has 0 saturated carbocycles. The summed E-state index contributed by atoms with van der Waals surface area (Å²) in [6.45, 7) is 17.2. The molecular weight excluding hydrogens is 1580 g/mol. The fourth-order valence-corrected chi connectivity index (χ4v) is 12.9. The molecule has 2 aromatic rings. The number of amides is 15. The van der Waals surface area contributed by atoms with Gasteiger partial charge >= 0.3 is 12.4 Å². The van der Waals surface area contributed by atoms with Gasteiger partial charge in [-0.05, 0) is 19.3 Å². The zero-order valence-electron chi connectivity index (χ0n) is 62.2. The molecule has 43 nitrogen and oxygen atoms in total. The number of rotatable bonds is 45. The van der Waals surface area contributed by atoms with Crippen LogP contribution in [-0.4, -0.2) is 202 Å². The maximum Gasteiger partial charge on any atom is 0.409 e. The summed E-state index contributed by atoms with van der Waals surface area (Å²) in [5, 5.41) is 23.0. The fraction of sp³-hybridized carbons (Fsp3) is 0.548. The van der Waals surface area contributed by atoms with Crippen LogP contribution in [0, 0.1) is 0 Å². The Morgan fingerprint density at radius 3 is 1.07 bits per heavy atom. The summed E-state index contributed by atoms with van der Waals surface area (Å²) in [7, 11) is 0. The Hall–Kier alpha value is -9.88. The number of hydrogen-bond acceptors (Lipinski definition) is 32. The van der Waals surface area contributed by atoms with Crippen molar-refractivity contribution in [2.24, 2.45) is 73.8 Å². The van der Waals surface area contributed by atoms with Crippen molar-refractivity contribution >= 4 is 166 Å². The smallest absolute Gasteiger partial charge is 0.409 e. The van der Waals surface area contributed by atoms with Crippen LogP contribution in [-0.2, 0) is 84.3 Å². The molecule has 49 heteroatoms. The predicted octanol–water partition coefficient (Wildman–Crippen LogP) is -8.24. The number of ether oxygens (including phenoxy) is 2. The number of carbonyl (C=O) groups excluding carboxylic acids is 15. The standard InChI is InChI=1S/C23H36N10O7S2.C14H18N4O6S2.C12H18O4.C5H10N2O2S.C4H9N3O2.C4H10O.N2S/c1-8(24)11(4-15(25)36)32-17-18(33-12(21(27)38)5-16(26)37)20(42-7-14(23(29)40)31-10(3)35)19(17)41-6-13(22(28)39)30-9(2)34;1-5(19)17-7(13(15)23)3-25-11-9(21)10(22)12(11)26-4-8(14(16)24)18-6(2)20;1-3-5-7-15-11-9(13)10(14)12(11)16-8-6-4-2;1-3(8)7-4(2-10)5(6)9;5-2(4(7)9)1-3(6)8;1-2-3-4-5;1-2-3/h11-14,17,32H,1,4-7,24H2,2-3H3,(H2,25,36)(H2,26,37)(H2,27,38)(H2,28,39)(H2,29,40)(H,30,34)(H,31,35);7-8H,3-4H2,1-2H3,(H2,15,23)(H2,16,24)(H,17,19)(H,18,20);3-8H2,1-2H3;4,10H,2H2,1H3,(H2,6,9)(H,7,8);2H,1,5H2,(H2,6,8)(H2,7,9);5H,2-4H2,1H3;. The molecule has 9 atom stereocenters. The molecule has 0 fully saturated rings. The molecule has 0 bridgehead atoms. The van der Waals surface area contributed by atoms with Crippen LogP contribution in [0.25, 0.3) is 5.53 Å². The number of aliphatic imine (C=N–C) groups is 1. The Labute approximate surface area is 665 Å². The van der Waals surface area contributed by atoms with Gasteiger partial charge in [0.2, 0.25) is 111 Å². The number of nitrogens with one attached hydrogen (secondary N) is 6. The van der Waals surface area contributed by atoms with E-state index in [-0.39, 0.29) is 80.2 Å². The molecule has 3 rings (SSSR count). The van der Waals surface area contributed by atoms with E-state index in [4.69, 9.17) is 88.9 Å². The van der Waals surface area contributed by atoms with Crippen LogP contribution < -0.4 is 136 Å². The van der Waals surface area contributed by atoms with E-state index in [2.05, 4.69) is 79.6 Å². The highest BCUT2D eigenvalue weighted by Crippen LogP contribution is 2.43. The highest BCUT2D eigenvalue weighted by Gasteiger charge is 2.42. The van der Waals surface area contributed by atoms with Gasteiger partial charge in [0.1, 0.15) is 36.3 Å². The molecule has 0 saturated heterocycles. The molecule has 9 unspecified atom stereocenters. The van der Waals surface area contributed by atoms with Gasteiger partial charge in [0.05, 0.1) is 59.7 Å². The second kappa shape index (κ2) is 59.0. The largest absolute Gasteiger partial charge is 0.486 e. The Balaban J connectivity index is -0.000000699. The molecule has 0 aromatic heterocycles. The molecule has 0 aliphatic heterocycles.